The molecule has 1 N–H and O–H groups in total. The Bertz CT molecular complexity index is 781. The molecule has 1 heterocycles. The van der Waals surface area contributed by atoms with E-state index in [0.29, 0.717) is 6.42 Å². The van der Waals surface area contributed by atoms with Crippen molar-refractivity contribution in [1.82, 2.24) is 4.90 Å². The molecule has 0 bridgehead atoms. The molecule has 3 rings (SSSR count). The normalized spacial score (nSPS) is 16.1. The average molecular weight is 423 g/mol. The highest BCUT2D eigenvalue weighted by Gasteiger charge is 2.38. The quantitative estimate of drug-likeness (QED) is 0.427. The van der Waals surface area contributed by atoms with Crippen LogP contribution in [0, 0.1) is 0 Å². The second-order valence-electron chi connectivity index (χ2n) is 8.69. The van der Waals surface area contributed by atoms with Crippen LogP contribution < -0.4 is 10.1 Å². The van der Waals surface area contributed by atoms with E-state index in [1.165, 1.54) is 24.9 Å². The molecule has 4 nitrogen and oxygen atoms in total. The molecule has 4 heteroatoms. The highest BCUT2D eigenvalue weighted by atomic mass is 16.5. The minimum absolute atomic E-state index is 0.0855. The highest BCUT2D eigenvalue weighted by molar-refractivity contribution is 5.90. The lowest BCUT2D eigenvalue weighted by Gasteiger charge is -2.42. The van der Waals surface area contributed by atoms with E-state index in [9.17, 15) is 4.79 Å². The van der Waals surface area contributed by atoms with Crippen molar-refractivity contribution in [2.45, 2.75) is 70.8 Å². The maximum absolute atomic E-state index is 12.1. The topological polar surface area (TPSA) is 41.6 Å². The summed E-state index contributed by atoms with van der Waals surface area (Å²) in [4.78, 5) is 14.6. The zero-order chi connectivity index (χ0) is 21.9. The van der Waals surface area contributed by atoms with Crippen molar-refractivity contribution in [2.24, 2.45) is 0 Å². The number of anilines is 1. The maximum Gasteiger partial charge on any atom is 0.224 e. The van der Waals surface area contributed by atoms with Crippen LogP contribution in [-0.4, -0.2) is 30.4 Å². The molecule has 2 aromatic rings. The van der Waals surface area contributed by atoms with Crippen molar-refractivity contribution in [3.63, 3.8) is 0 Å². The molecular weight excluding hydrogens is 384 g/mol. The number of likely N-dealkylation sites (tertiary alicyclic amines) is 1. The van der Waals surface area contributed by atoms with Gasteiger partial charge >= 0.3 is 0 Å². The Morgan fingerprint density at radius 2 is 1.61 bits per heavy atom. The Balaban J connectivity index is 1.66. The van der Waals surface area contributed by atoms with Crippen molar-refractivity contribution in [3.8, 4) is 5.75 Å². The van der Waals surface area contributed by atoms with Crippen molar-refractivity contribution in [3.05, 3.63) is 60.2 Å². The van der Waals surface area contributed by atoms with E-state index in [4.69, 9.17) is 4.74 Å². The fourth-order valence-corrected chi connectivity index (χ4v) is 4.30. The molecule has 0 unspecified atom stereocenters. The summed E-state index contributed by atoms with van der Waals surface area (Å²) in [6.45, 7) is 7.68. The predicted octanol–water partition coefficient (Wildman–Crippen LogP) is 6.38. The van der Waals surface area contributed by atoms with Gasteiger partial charge in [-0.05, 0) is 49.2 Å². The molecule has 0 aliphatic carbocycles. The van der Waals surface area contributed by atoms with Gasteiger partial charge in [0.25, 0.3) is 0 Å². The van der Waals surface area contributed by atoms with Crippen LogP contribution in [0.3, 0.4) is 0 Å². The molecule has 2 aromatic carbocycles. The van der Waals surface area contributed by atoms with E-state index >= 15 is 0 Å². The van der Waals surface area contributed by atoms with Gasteiger partial charge < -0.3 is 15.0 Å². The molecule has 0 radical (unpaired) electrons. The van der Waals surface area contributed by atoms with E-state index in [-0.39, 0.29) is 11.5 Å². The molecule has 1 aliphatic rings. The highest BCUT2D eigenvalue weighted by Crippen LogP contribution is 2.38. The number of hydrogen-bond donors (Lipinski definition) is 1. The van der Waals surface area contributed by atoms with Gasteiger partial charge in [-0.15, -0.1) is 0 Å². The zero-order valence-electron chi connectivity index (χ0n) is 19.2. The Morgan fingerprint density at radius 3 is 2.26 bits per heavy atom. The predicted molar refractivity (Wildman–Crippen MR) is 129 cm³/mol. The van der Waals surface area contributed by atoms with Crippen LogP contribution in [0.5, 0.6) is 5.75 Å². The number of nitrogens with one attached hydrogen (secondary N) is 1. The van der Waals surface area contributed by atoms with Crippen molar-refractivity contribution in [2.75, 3.05) is 25.0 Å². The molecule has 1 saturated heterocycles. The van der Waals surface area contributed by atoms with Gasteiger partial charge in [0.15, 0.2) is 0 Å². The summed E-state index contributed by atoms with van der Waals surface area (Å²) in [5.74, 6) is 0.942. The number of carbonyl (C=O) groups is 1. The van der Waals surface area contributed by atoms with Crippen LogP contribution in [0.25, 0.3) is 0 Å². The minimum atomic E-state index is -0.297. The lowest BCUT2D eigenvalue weighted by Crippen LogP contribution is -2.46. The summed E-state index contributed by atoms with van der Waals surface area (Å²) < 4.78 is 6.68. The molecule has 0 spiro atoms. The van der Waals surface area contributed by atoms with E-state index in [0.717, 1.165) is 56.6 Å². The van der Waals surface area contributed by atoms with E-state index in [2.05, 4.69) is 54.4 Å². The zero-order valence-corrected chi connectivity index (χ0v) is 19.2. The van der Waals surface area contributed by atoms with Gasteiger partial charge in [0.05, 0.1) is 0 Å². The first kappa shape index (κ1) is 23.3. The first-order valence-corrected chi connectivity index (χ1v) is 12.0. The summed E-state index contributed by atoms with van der Waals surface area (Å²) in [6, 6.07) is 18.5. The van der Waals surface area contributed by atoms with Crippen LogP contribution >= 0.6 is 0 Å². The smallest absolute Gasteiger partial charge is 0.224 e. The van der Waals surface area contributed by atoms with Gasteiger partial charge in [-0.1, -0.05) is 63.4 Å². The summed E-state index contributed by atoms with van der Waals surface area (Å²) >= 11 is 0. The third-order valence-corrected chi connectivity index (χ3v) is 6.25. The summed E-state index contributed by atoms with van der Waals surface area (Å²) in [7, 11) is 0. The number of unbranched alkanes of at least 4 members (excludes halogenated alkanes) is 3. The summed E-state index contributed by atoms with van der Waals surface area (Å²) in [6.07, 6.45) is 8.20. The van der Waals surface area contributed by atoms with Crippen molar-refractivity contribution in [1.29, 1.82) is 0 Å². The van der Waals surface area contributed by atoms with Gasteiger partial charge in [-0.2, -0.15) is 0 Å². The first-order valence-electron chi connectivity index (χ1n) is 12.0. The van der Waals surface area contributed by atoms with Crippen LogP contribution in [-0.2, 0) is 10.4 Å². The first-order chi connectivity index (χ1) is 15.1. The van der Waals surface area contributed by atoms with Crippen LogP contribution in [0.15, 0.2) is 54.6 Å². The number of amides is 1. The number of carbonyl (C=O) groups excluding carboxylic acids is 1. The van der Waals surface area contributed by atoms with E-state index in [1.807, 2.05) is 24.3 Å². The van der Waals surface area contributed by atoms with Gasteiger partial charge in [-0.25, -0.2) is 0 Å². The molecule has 0 aromatic heterocycles. The fourth-order valence-electron chi connectivity index (χ4n) is 4.30. The summed E-state index contributed by atoms with van der Waals surface area (Å²) in [5, 5.41) is 3.00. The number of hydrogen-bond acceptors (Lipinski definition) is 3. The lowest BCUT2D eigenvalue weighted by atomic mass is 9.84. The standard InChI is InChI=1S/C27H38N2O2/c1-3-5-8-13-26(30)28-24-14-16-25(17-15-24)31-27(23-11-9-7-10-12-23)18-21-29(22-19-27)20-6-4-2/h7,9-12,14-17H,3-6,8,13,18-22H2,1-2H3,(H,28,30). The Hall–Kier alpha value is -2.33. The fraction of sp³-hybridized carbons (Fsp3) is 0.519. The van der Waals surface area contributed by atoms with Gasteiger partial charge in [-0.3, -0.25) is 4.79 Å². The number of ether oxygens (including phenoxy) is 1. The molecular formula is C27H38N2O2. The lowest BCUT2D eigenvalue weighted by molar-refractivity contribution is -0.116. The molecule has 1 amide bonds. The molecule has 31 heavy (non-hydrogen) atoms. The molecule has 1 fully saturated rings. The minimum Gasteiger partial charge on any atom is -0.482 e. The number of rotatable bonds is 11. The van der Waals surface area contributed by atoms with Gasteiger partial charge in [0.2, 0.25) is 5.91 Å². The molecule has 1 aliphatic heterocycles. The Kier molecular flexibility index (Phi) is 8.96. The molecule has 168 valence electrons. The largest absolute Gasteiger partial charge is 0.482 e. The third-order valence-electron chi connectivity index (χ3n) is 6.25. The number of benzene rings is 2. The molecule has 0 saturated carbocycles. The monoisotopic (exact) mass is 422 g/mol. The number of nitrogens with zero attached hydrogens (tertiary/aromatic N) is 1. The van der Waals surface area contributed by atoms with Crippen LogP contribution in [0.1, 0.15) is 70.8 Å². The van der Waals surface area contributed by atoms with Crippen LogP contribution in [0.4, 0.5) is 5.69 Å². The SMILES string of the molecule is CCCCCC(=O)Nc1ccc(OC2(c3ccccc3)CCN(CCCC)CC2)cc1. The summed E-state index contributed by atoms with van der Waals surface area (Å²) in [5.41, 5.74) is 1.78. The number of piperidine rings is 1. The third kappa shape index (κ3) is 6.83. The van der Waals surface area contributed by atoms with Crippen molar-refractivity contribution >= 4 is 11.6 Å². The second kappa shape index (κ2) is 11.9. The Labute approximate surface area is 188 Å². The van der Waals surface area contributed by atoms with Gasteiger partial charge in [0.1, 0.15) is 11.4 Å². The second-order valence-corrected chi connectivity index (χ2v) is 8.69. The Morgan fingerprint density at radius 1 is 0.935 bits per heavy atom. The van der Waals surface area contributed by atoms with Gasteiger partial charge in [0, 0.05) is 38.0 Å². The average Bonchev–Trinajstić information content (AvgIpc) is 2.81. The van der Waals surface area contributed by atoms with E-state index < -0.39 is 0 Å². The van der Waals surface area contributed by atoms with Crippen LogP contribution in [0.2, 0.25) is 0 Å². The maximum atomic E-state index is 12.1. The van der Waals surface area contributed by atoms with Crippen molar-refractivity contribution < 1.29 is 9.53 Å². The van der Waals surface area contributed by atoms with E-state index in [1.54, 1.807) is 0 Å². The molecule has 0 atom stereocenters.